The fourth-order valence-corrected chi connectivity index (χ4v) is 2.94. The minimum atomic E-state index is -0.191. The van der Waals surface area contributed by atoms with Crippen LogP contribution in [0.5, 0.6) is 0 Å². The van der Waals surface area contributed by atoms with Crippen molar-refractivity contribution < 1.29 is 4.79 Å². The van der Waals surface area contributed by atoms with Crippen LogP contribution in [0.2, 0.25) is 0 Å². The lowest BCUT2D eigenvalue weighted by molar-refractivity contribution is 0.102. The number of carbonyl (C=O) groups is 1. The van der Waals surface area contributed by atoms with Crippen LogP contribution in [0.15, 0.2) is 60.8 Å². The third-order valence-electron chi connectivity index (χ3n) is 4.48. The van der Waals surface area contributed by atoms with Crippen LogP contribution < -0.4 is 16.4 Å². The summed E-state index contributed by atoms with van der Waals surface area (Å²) < 4.78 is 0. The molecule has 0 bridgehead atoms. The van der Waals surface area contributed by atoms with Gasteiger partial charge in [-0.15, -0.1) is 0 Å². The van der Waals surface area contributed by atoms with Crippen LogP contribution in [0.1, 0.15) is 35.3 Å². The average Bonchev–Trinajstić information content (AvgIpc) is 2.68. The molecule has 144 valence electrons. The summed E-state index contributed by atoms with van der Waals surface area (Å²) in [5.74, 6) is -0.191. The zero-order valence-corrected chi connectivity index (χ0v) is 16.5. The first-order chi connectivity index (χ1) is 13.4. The number of aryl methyl sites for hydroxylation is 1. The first-order valence-electron chi connectivity index (χ1n) is 9.39. The van der Waals surface area contributed by atoms with Crippen molar-refractivity contribution in [3.8, 4) is 11.3 Å². The van der Waals surface area contributed by atoms with E-state index >= 15 is 0 Å². The number of hydrogen-bond donors (Lipinski definition) is 3. The number of carbonyl (C=O) groups excluding carboxylic acids is 1. The average molecular weight is 374 g/mol. The van der Waals surface area contributed by atoms with E-state index in [1.165, 1.54) is 0 Å². The Labute approximate surface area is 166 Å². The molecule has 1 amide bonds. The molecule has 0 unspecified atom stereocenters. The van der Waals surface area contributed by atoms with E-state index in [-0.39, 0.29) is 5.91 Å². The normalized spacial score (nSPS) is 10.9. The van der Waals surface area contributed by atoms with Crippen molar-refractivity contribution >= 4 is 17.3 Å². The summed E-state index contributed by atoms with van der Waals surface area (Å²) in [6, 6.07) is 17.2. The zero-order chi connectivity index (χ0) is 20.1. The van der Waals surface area contributed by atoms with Crippen molar-refractivity contribution in [1.82, 2.24) is 10.3 Å². The van der Waals surface area contributed by atoms with E-state index < -0.39 is 0 Å². The molecule has 5 nitrogen and oxygen atoms in total. The fraction of sp³-hybridized carbons (Fsp3) is 0.217. The highest BCUT2D eigenvalue weighted by Gasteiger charge is 2.10. The zero-order valence-electron chi connectivity index (χ0n) is 16.5. The highest BCUT2D eigenvalue weighted by atomic mass is 16.1. The minimum Gasteiger partial charge on any atom is -0.397 e. The maximum atomic E-state index is 12.5. The molecule has 0 atom stereocenters. The van der Waals surface area contributed by atoms with Gasteiger partial charge in [0.15, 0.2) is 0 Å². The minimum absolute atomic E-state index is 0.191. The second kappa shape index (κ2) is 8.67. The van der Waals surface area contributed by atoms with Crippen LogP contribution in [-0.2, 0) is 6.54 Å². The van der Waals surface area contributed by atoms with Gasteiger partial charge in [-0.3, -0.25) is 9.78 Å². The van der Waals surface area contributed by atoms with Gasteiger partial charge in [-0.1, -0.05) is 44.2 Å². The number of nitrogens with two attached hydrogens (primary N) is 1. The highest BCUT2D eigenvalue weighted by Crippen LogP contribution is 2.23. The Bertz CT molecular complexity index is 965. The van der Waals surface area contributed by atoms with Crippen LogP contribution in [0.3, 0.4) is 0 Å². The van der Waals surface area contributed by atoms with Gasteiger partial charge >= 0.3 is 0 Å². The van der Waals surface area contributed by atoms with E-state index in [1.807, 2.05) is 30.5 Å². The molecule has 4 N–H and O–H groups in total. The van der Waals surface area contributed by atoms with Gasteiger partial charge in [0.2, 0.25) is 0 Å². The van der Waals surface area contributed by atoms with Crippen LogP contribution in [-0.4, -0.2) is 16.9 Å². The van der Waals surface area contributed by atoms with Gasteiger partial charge in [-0.05, 0) is 42.3 Å². The fourth-order valence-electron chi connectivity index (χ4n) is 2.94. The number of nitrogen functional groups attached to an aromatic ring is 1. The van der Waals surface area contributed by atoms with Crippen molar-refractivity contribution in [2.45, 2.75) is 33.4 Å². The molecule has 0 saturated heterocycles. The van der Waals surface area contributed by atoms with Gasteiger partial charge in [0.1, 0.15) is 0 Å². The molecular formula is C23H26N4O. The number of benzene rings is 2. The van der Waals surface area contributed by atoms with E-state index in [0.717, 1.165) is 28.9 Å². The largest absolute Gasteiger partial charge is 0.397 e. The number of hydrogen-bond acceptors (Lipinski definition) is 4. The molecule has 3 rings (SSSR count). The second-order valence-electron chi connectivity index (χ2n) is 7.16. The predicted molar refractivity (Wildman–Crippen MR) is 115 cm³/mol. The van der Waals surface area contributed by atoms with Crippen LogP contribution in [0, 0.1) is 6.92 Å². The van der Waals surface area contributed by atoms with E-state index in [2.05, 4.69) is 42.5 Å². The quantitative estimate of drug-likeness (QED) is 0.559. The first kappa shape index (κ1) is 19.6. The molecule has 2 aromatic carbocycles. The van der Waals surface area contributed by atoms with Crippen LogP contribution in [0.25, 0.3) is 11.3 Å². The van der Waals surface area contributed by atoms with Crippen molar-refractivity contribution in [2.24, 2.45) is 0 Å². The van der Waals surface area contributed by atoms with Gasteiger partial charge in [0.05, 0.1) is 17.1 Å². The molecule has 0 fully saturated rings. The molecule has 0 aliphatic rings. The Morgan fingerprint density at radius 1 is 1.11 bits per heavy atom. The Morgan fingerprint density at radius 2 is 1.82 bits per heavy atom. The summed E-state index contributed by atoms with van der Waals surface area (Å²) in [5.41, 5.74) is 11.8. The Morgan fingerprint density at radius 3 is 2.46 bits per heavy atom. The second-order valence-corrected chi connectivity index (χ2v) is 7.16. The molecule has 0 aliphatic heterocycles. The number of amides is 1. The summed E-state index contributed by atoms with van der Waals surface area (Å²) in [5, 5.41) is 6.24. The van der Waals surface area contributed by atoms with Gasteiger partial charge in [-0.2, -0.15) is 0 Å². The number of nitrogens with one attached hydrogen (secondary N) is 2. The van der Waals surface area contributed by atoms with Crippen molar-refractivity contribution in [3.63, 3.8) is 0 Å². The Hall–Kier alpha value is -3.18. The summed E-state index contributed by atoms with van der Waals surface area (Å²) in [4.78, 5) is 17.1. The summed E-state index contributed by atoms with van der Waals surface area (Å²) in [6.07, 6.45) is 1.90. The molecule has 0 spiro atoms. The highest BCUT2D eigenvalue weighted by molar-refractivity contribution is 6.05. The van der Waals surface area contributed by atoms with E-state index in [1.54, 1.807) is 24.3 Å². The van der Waals surface area contributed by atoms with Crippen molar-refractivity contribution in [2.75, 3.05) is 11.1 Å². The monoisotopic (exact) mass is 374 g/mol. The van der Waals surface area contributed by atoms with Gasteiger partial charge in [0.25, 0.3) is 5.91 Å². The Kier molecular flexibility index (Phi) is 6.06. The third-order valence-corrected chi connectivity index (χ3v) is 4.48. The number of aromatic nitrogens is 1. The molecule has 0 radical (unpaired) electrons. The third kappa shape index (κ3) is 4.75. The van der Waals surface area contributed by atoms with Crippen molar-refractivity contribution in [3.05, 3.63) is 77.5 Å². The van der Waals surface area contributed by atoms with E-state index in [9.17, 15) is 4.79 Å². The maximum absolute atomic E-state index is 12.5. The SMILES string of the molecule is Cc1cc(CNC(C)C)cnc1-c1ccc(C(=O)Nc2ccccc2N)cc1. The molecule has 1 heterocycles. The van der Waals surface area contributed by atoms with E-state index in [4.69, 9.17) is 5.73 Å². The number of anilines is 2. The molecule has 0 aliphatic carbocycles. The van der Waals surface area contributed by atoms with Gasteiger partial charge in [-0.25, -0.2) is 0 Å². The van der Waals surface area contributed by atoms with Crippen LogP contribution in [0.4, 0.5) is 11.4 Å². The lowest BCUT2D eigenvalue weighted by Crippen LogP contribution is -2.21. The lowest BCUT2D eigenvalue weighted by atomic mass is 10.0. The number of para-hydroxylation sites is 2. The number of rotatable bonds is 6. The number of pyridine rings is 1. The molecule has 5 heteroatoms. The molecule has 0 saturated carbocycles. The summed E-state index contributed by atoms with van der Waals surface area (Å²) in [6.45, 7) is 7.10. The first-order valence-corrected chi connectivity index (χ1v) is 9.39. The lowest BCUT2D eigenvalue weighted by Gasteiger charge is -2.11. The van der Waals surface area contributed by atoms with Crippen molar-refractivity contribution in [1.29, 1.82) is 0 Å². The summed E-state index contributed by atoms with van der Waals surface area (Å²) >= 11 is 0. The standard InChI is InChI=1S/C23H26N4O/c1-15(2)25-13-17-12-16(3)22(26-14-17)18-8-10-19(11-9-18)23(28)27-21-7-5-4-6-20(21)24/h4-12,14-15,25H,13,24H2,1-3H3,(H,27,28). The molecule has 3 aromatic rings. The summed E-state index contributed by atoms with van der Waals surface area (Å²) in [7, 11) is 0. The molecular weight excluding hydrogens is 348 g/mol. The topological polar surface area (TPSA) is 80.0 Å². The molecule has 28 heavy (non-hydrogen) atoms. The predicted octanol–water partition coefficient (Wildman–Crippen LogP) is 4.39. The van der Waals surface area contributed by atoms with Gasteiger partial charge < -0.3 is 16.4 Å². The smallest absolute Gasteiger partial charge is 0.255 e. The Balaban J connectivity index is 1.73. The van der Waals surface area contributed by atoms with Crippen LogP contribution >= 0.6 is 0 Å². The maximum Gasteiger partial charge on any atom is 0.255 e. The van der Waals surface area contributed by atoms with Gasteiger partial charge in [0, 0.05) is 29.9 Å². The number of nitrogens with zero attached hydrogens (tertiary/aromatic N) is 1. The molecule has 1 aromatic heterocycles. The van der Waals surface area contributed by atoms with E-state index in [0.29, 0.717) is 23.0 Å².